The average molecular weight is 278 g/mol. The maximum absolute atomic E-state index is 13.2. The summed E-state index contributed by atoms with van der Waals surface area (Å²) < 4.78 is 18.4. The van der Waals surface area contributed by atoms with Crippen LogP contribution >= 0.6 is 15.9 Å². The Morgan fingerprint density at radius 1 is 1.53 bits per heavy atom. The second-order valence-corrected chi connectivity index (χ2v) is 4.08. The molecule has 0 bridgehead atoms. The van der Waals surface area contributed by atoms with E-state index in [-0.39, 0.29) is 10.2 Å². The van der Waals surface area contributed by atoms with Crippen molar-refractivity contribution in [2.24, 2.45) is 5.73 Å². The van der Waals surface area contributed by atoms with Crippen molar-refractivity contribution in [3.63, 3.8) is 0 Å². The van der Waals surface area contributed by atoms with Gasteiger partial charge in [0.2, 0.25) is 0 Å². The number of benzene rings is 1. The molecule has 0 radical (unpaired) electrons. The topological polar surface area (TPSA) is 55.5 Å². The number of nitrogens with two attached hydrogens (primary N) is 1. The van der Waals surface area contributed by atoms with Gasteiger partial charge in [-0.1, -0.05) is 0 Å². The molecule has 3 N–H and O–H groups in total. The molecule has 1 aromatic carbocycles. The van der Waals surface area contributed by atoms with Crippen LogP contribution in [0.2, 0.25) is 0 Å². The fourth-order valence-electron chi connectivity index (χ4n) is 1.27. The molecular formula is C10H13BrFNO2. The first kappa shape index (κ1) is 12.4. The molecule has 0 saturated heterocycles. The lowest BCUT2D eigenvalue weighted by Crippen LogP contribution is -2.24. The third kappa shape index (κ3) is 2.48. The molecule has 1 rings (SSSR count). The highest BCUT2D eigenvalue weighted by Crippen LogP contribution is 2.35. The van der Waals surface area contributed by atoms with E-state index < -0.39 is 18.0 Å². The molecular weight excluding hydrogens is 265 g/mol. The molecule has 0 aliphatic heterocycles. The Morgan fingerprint density at radius 3 is 2.60 bits per heavy atom. The standard InChI is InChI=1S/C10H13BrFNO2/c1-5(13)9(14)6-3-4-7(12)8(11)10(6)15-2/h3-5,9,14H,13H2,1-2H3. The summed E-state index contributed by atoms with van der Waals surface area (Å²) in [5.41, 5.74) is 6.04. The number of hydrogen-bond acceptors (Lipinski definition) is 3. The van der Waals surface area contributed by atoms with Crippen molar-refractivity contribution in [3.8, 4) is 5.75 Å². The highest BCUT2D eigenvalue weighted by atomic mass is 79.9. The summed E-state index contributed by atoms with van der Waals surface area (Å²) in [6.07, 6.45) is -0.878. The van der Waals surface area contributed by atoms with E-state index in [9.17, 15) is 9.50 Å². The molecule has 0 aromatic heterocycles. The van der Waals surface area contributed by atoms with E-state index in [0.717, 1.165) is 0 Å². The number of aliphatic hydroxyl groups is 1. The summed E-state index contributed by atoms with van der Waals surface area (Å²) in [6.45, 7) is 1.67. The molecule has 0 aliphatic carbocycles. The molecule has 0 heterocycles. The van der Waals surface area contributed by atoms with Crippen molar-refractivity contribution < 1.29 is 14.2 Å². The van der Waals surface area contributed by atoms with Gasteiger partial charge in [-0.3, -0.25) is 0 Å². The molecule has 2 unspecified atom stereocenters. The van der Waals surface area contributed by atoms with E-state index >= 15 is 0 Å². The fourth-order valence-corrected chi connectivity index (χ4v) is 1.79. The largest absolute Gasteiger partial charge is 0.495 e. The molecule has 15 heavy (non-hydrogen) atoms. The first-order chi connectivity index (χ1) is 6.99. The average Bonchev–Trinajstić information content (AvgIpc) is 2.20. The minimum atomic E-state index is -0.878. The van der Waals surface area contributed by atoms with Gasteiger partial charge in [-0.05, 0) is 35.0 Å². The molecule has 0 spiro atoms. The van der Waals surface area contributed by atoms with Gasteiger partial charge in [-0.15, -0.1) is 0 Å². The van der Waals surface area contributed by atoms with Crippen molar-refractivity contribution in [1.29, 1.82) is 0 Å². The zero-order chi connectivity index (χ0) is 11.6. The second-order valence-electron chi connectivity index (χ2n) is 3.29. The Kier molecular flexibility index (Phi) is 4.07. The van der Waals surface area contributed by atoms with Gasteiger partial charge in [-0.25, -0.2) is 4.39 Å². The lowest BCUT2D eigenvalue weighted by molar-refractivity contribution is 0.149. The quantitative estimate of drug-likeness (QED) is 0.888. The number of ether oxygens (including phenoxy) is 1. The van der Waals surface area contributed by atoms with Crippen molar-refractivity contribution >= 4 is 15.9 Å². The minimum absolute atomic E-state index is 0.196. The lowest BCUT2D eigenvalue weighted by Gasteiger charge is -2.18. The summed E-state index contributed by atoms with van der Waals surface area (Å²) in [5, 5.41) is 9.78. The molecule has 3 nitrogen and oxygen atoms in total. The van der Waals surface area contributed by atoms with E-state index in [4.69, 9.17) is 10.5 Å². The van der Waals surface area contributed by atoms with E-state index in [2.05, 4.69) is 15.9 Å². The summed E-state index contributed by atoms with van der Waals surface area (Å²) in [7, 11) is 1.41. The summed E-state index contributed by atoms with van der Waals surface area (Å²) >= 11 is 3.06. The van der Waals surface area contributed by atoms with Crippen molar-refractivity contribution in [2.75, 3.05) is 7.11 Å². The Morgan fingerprint density at radius 2 is 2.13 bits per heavy atom. The van der Waals surface area contributed by atoms with Crippen LogP contribution in [-0.4, -0.2) is 18.3 Å². The van der Waals surface area contributed by atoms with Crippen LogP contribution in [0.25, 0.3) is 0 Å². The highest BCUT2D eigenvalue weighted by Gasteiger charge is 2.20. The lowest BCUT2D eigenvalue weighted by atomic mass is 10.0. The SMILES string of the molecule is COc1c(C(O)C(C)N)ccc(F)c1Br. The van der Waals surface area contributed by atoms with Crippen molar-refractivity contribution in [3.05, 3.63) is 28.0 Å². The Labute approximate surface area is 96.2 Å². The minimum Gasteiger partial charge on any atom is -0.495 e. The predicted molar refractivity (Wildman–Crippen MR) is 59.3 cm³/mol. The molecule has 2 atom stereocenters. The van der Waals surface area contributed by atoms with Crippen molar-refractivity contribution in [2.45, 2.75) is 19.1 Å². The first-order valence-corrected chi connectivity index (χ1v) is 5.23. The highest BCUT2D eigenvalue weighted by molar-refractivity contribution is 9.10. The summed E-state index contributed by atoms with van der Waals surface area (Å²) in [6, 6.07) is 2.27. The zero-order valence-corrected chi connectivity index (χ0v) is 10.1. The normalized spacial score (nSPS) is 14.8. The predicted octanol–water partition coefficient (Wildman–Crippen LogP) is 1.98. The van der Waals surface area contributed by atoms with Crippen LogP contribution in [-0.2, 0) is 0 Å². The number of hydrogen-bond donors (Lipinski definition) is 2. The molecule has 1 aromatic rings. The summed E-state index contributed by atoms with van der Waals surface area (Å²) in [5.74, 6) is -0.160. The Balaban J connectivity index is 3.24. The first-order valence-electron chi connectivity index (χ1n) is 4.44. The van der Waals surface area contributed by atoms with E-state index in [0.29, 0.717) is 5.56 Å². The Bertz CT molecular complexity index is 358. The van der Waals surface area contributed by atoms with Gasteiger partial charge in [0.15, 0.2) is 0 Å². The van der Waals surface area contributed by atoms with Gasteiger partial charge < -0.3 is 15.6 Å². The maximum atomic E-state index is 13.2. The number of methoxy groups -OCH3 is 1. The second kappa shape index (κ2) is 4.92. The van der Waals surface area contributed by atoms with Crippen LogP contribution in [0, 0.1) is 5.82 Å². The van der Waals surface area contributed by atoms with E-state index in [1.807, 2.05) is 0 Å². The van der Waals surface area contributed by atoms with Gasteiger partial charge in [0.25, 0.3) is 0 Å². The van der Waals surface area contributed by atoms with Crippen LogP contribution in [0.15, 0.2) is 16.6 Å². The van der Waals surface area contributed by atoms with E-state index in [1.165, 1.54) is 19.2 Å². The number of halogens is 2. The van der Waals surface area contributed by atoms with Crippen molar-refractivity contribution in [1.82, 2.24) is 0 Å². The van der Waals surface area contributed by atoms with Crippen LogP contribution in [0.4, 0.5) is 4.39 Å². The van der Waals surface area contributed by atoms with Gasteiger partial charge in [-0.2, -0.15) is 0 Å². The number of rotatable bonds is 3. The van der Waals surface area contributed by atoms with Gasteiger partial charge in [0.1, 0.15) is 11.6 Å². The van der Waals surface area contributed by atoms with E-state index in [1.54, 1.807) is 6.92 Å². The third-order valence-corrected chi connectivity index (χ3v) is 2.84. The summed E-state index contributed by atoms with van der Waals surface area (Å²) in [4.78, 5) is 0. The molecule has 84 valence electrons. The Hall–Kier alpha value is -0.650. The van der Waals surface area contributed by atoms with Crippen LogP contribution in [0.5, 0.6) is 5.75 Å². The molecule has 0 amide bonds. The van der Waals surface area contributed by atoms with Crippen LogP contribution < -0.4 is 10.5 Å². The molecule has 0 saturated carbocycles. The molecule has 5 heteroatoms. The smallest absolute Gasteiger partial charge is 0.141 e. The molecule has 0 fully saturated rings. The number of aliphatic hydroxyl groups excluding tert-OH is 1. The third-order valence-electron chi connectivity index (χ3n) is 2.10. The van der Waals surface area contributed by atoms with Gasteiger partial charge >= 0.3 is 0 Å². The van der Waals surface area contributed by atoms with Gasteiger partial charge in [0.05, 0.1) is 17.7 Å². The monoisotopic (exact) mass is 277 g/mol. The fraction of sp³-hybridized carbons (Fsp3) is 0.400. The van der Waals surface area contributed by atoms with Crippen LogP contribution in [0.3, 0.4) is 0 Å². The molecule has 0 aliphatic rings. The maximum Gasteiger partial charge on any atom is 0.141 e. The van der Waals surface area contributed by atoms with Crippen LogP contribution in [0.1, 0.15) is 18.6 Å². The van der Waals surface area contributed by atoms with Gasteiger partial charge in [0, 0.05) is 11.6 Å². The zero-order valence-electron chi connectivity index (χ0n) is 8.50.